The maximum absolute atomic E-state index is 14.0. The van der Waals surface area contributed by atoms with Crippen molar-refractivity contribution >= 4 is 10.9 Å². The molecule has 2 aromatic rings. The molecule has 0 amide bonds. The Labute approximate surface area is 149 Å². The normalized spacial score (nSPS) is 19.8. The van der Waals surface area contributed by atoms with Crippen molar-refractivity contribution in [2.45, 2.75) is 32.9 Å². The summed E-state index contributed by atoms with van der Waals surface area (Å²) in [5.41, 5.74) is 1.35. The monoisotopic (exact) mass is 345 g/mol. The van der Waals surface area contributed by atoms with E-state index in [0.29, 0.717) is 17.5 Å². The van der Waals surface area contributed by atoms with Crippen LogP contribution in [0.4, 0.5) is 4.39 Å². The second-order valence-electron chi connectivity index (χ2n) is 7.40. The number of aromatic nitrogens is 1. The van der Waals surface area contributed by atoms with Gasteiger partial charge in [-0.25, -0.2) is 9.37 Å². The molecule has 1 fully saturated rings. The second-order valence-corrected chi connectivity index (χ2v) is 7.40. The van der Waals surface area contributed by atoms with Crippen molar-refractivity contribution in [2.75, 3.05) is 32.8 Å². The van der Waals surface area contributed by atoms with Gasteiger partial charge in [-0.3, -0.25) is 9.80 Å². The van der Waals surface area contributed by atoms with E-state index in [0.717, 1.165) is 50.2 Å². The highest BCUT2D eigenvalue weighted by atomic mass is 19.1. The maximum Gasteiger partial charge on any atom is 0.149 e. The molecule has 0 unspecified atom stereocenters. The molecule has 1 N–H and O–H groups in total. The number of hydrogen-bond donors (Lipinski definition) is 1. The topological polar surface area (TPSA) is 39.6 Å². The Morgan fingerprint density at radius 3 is 2.84 bits per heavy atom. The van der Waals surface area contributed by atoms with Crippen molar-refractivity contribution in [2.24, 2.45) is 5.92 Å². The van der Waals surface area contributed by atoms with Crippen LogP contribution in [-0.2, 0) is 6.54 Å². The number of fused-ring (bicyclic) bond motifs is 1. The highest BCUT2D eigenvalue weighted by Gasteiger charge is 2.27. The van der Waals surface area contributed by atoms with Crippen LogP contribution in [0, 0.1) is 11.7 Å². The molecule has 1 aromatic carbocycles. The molecule has 1 aromatic heterocycles. The molecule has 0 radical (unpaired) electrons. The number of para-hydroxylation sites is 1. The molecule has 0 aliphatic carbocycles. The molecule has 3 rings (SSSR count). The molecular weight excluding hydrogens is 317 g/mol. The van der Waals surface area contributed by atoms with Crippen LogP contribution in [0.3, 0.4) is 0 Å². The summed E-state index contributed by atoms with van der Waals surface area (Å²) in [7, 11) is 0. The first kappa shape index (κ1) is 18.2. The van der Waals surface area contributed by atoms with Crippen LogP contribution in [0.1, 0.15) is 26.0 Å². The van der Waals surface area contributed by atoms with Crippen molar-refractivity contribution < 1.29 is 9.50 Å². The van der Waals surface area contributed by atoms with Gasteiger partial charge in [-0.2, -0.15) is 0 Å². The molecule has 2 heterocycles. The lowest BCUT2D eigenvalue weighted by atomic mass is 10.1. The zero-order valence-electron chi connectivity index (χ0n) is 15.2. The summed E-state index contributed by atoms with van der Waals surface area (Å²) in [6.07, 6.45) is 0.795. The van der Waals surface area contributed by atoms with Crippen LogP contribution in [0.25, 0.3) is 10.9 Å². The second kappa shape index (κ2) is 8.21. The van der Waals surface area contributed by atoms with Gasteiger partial charge in [0.15, 0.2) is 0 Å². The van der Waals surface area contributed by atoms with Gasteiger partial charge in [-0.05, 0) is 24.5 Å². The van der Waals surface area contributed by atoms with Crippen LogP contribution < -0.4 is 0 Å². The average Bonchev–Trinajstić information content (AvgIpc) is 2.58. The minimum Gasteiger partial charge on any atom is -0.396 e. The molecule has 0 spiro atoms. The first-order valence-electron chi connectivity index (χ1n) is 9.18. The van der Waals surface area contributed by atoms with Crippen LogP contribution in [-0.4, -0.2) is 58.7 Å². The molecule has 5 heteroatoms. The van der Waals surface area contributed by atoms with E-state index in [9.17, 15) is 9.50 Å². The van der Waals surface area contributed by atoms with Gasteiger partial charge in [0, 0.05) is 50.8 Å². The number of halogens is 1. The maximum atomic E-state index is 14.0. The number of hydrogen-bond acceptors (Lipinski definition) is 4. The summed E-state index contributed by atoms with van der Waals surface area (Å²) in [4.78, 5) is 9.39. The predicted molar refractivity (Wildman–Crippen MR) is 98.9 cm³/mol. The summed E-state index contributed by atoms with van der Waals surface area (Å²) < 4.78 is 14.0. The minimum atomic E-state index is -0.265. The van der Waals surface area contributed by atoms with E-state index in [4.69, 9.17) is 0 Å². The largest absolute Gasteiger partial charge is 0.396 e. The lowest BCUT2D eigenvalue weighted by Gasteiger charge is -2.42. The Kier molecular flexibility index (Phi) is 5.99. The van der Waals surface area contributed by atoms with Crippen LogP contribution in [0.2, 0.25) is 0 Å². The zero-order chi connectivity index (χ0) is 17.8. The first-order valence-corrected chi connectivity index (χ1v) is 9.18. The third-order valence-corrected chi connectivity index (χ3v) is 4.87. The molecule has 1 aliphatic heterocycles. The Balaban J connectivity index is 1.69. The Hall–Kier alpha value is -1.56. The SMILES string of the molecule is CC(C)CN1CCN(Cc2ccc3cccc(F)c3n2)C[C@@H]1CCO. The smallest absolute Gasteiger partial charge is 0.149 e. The van der Waals surface area contributed by atoms with Gasteiger partial charge in [0.1, 0.15) is 11.3 Å². The number of nitrogens with zero attached hydrogens (tertiary/aromatic N) is 3. The fourth-order valence-corrected chi connectivity index (χ4v) is 3.70. The van der Waals surface area contributed by atoms with Crippen molar-refractivity contribution in [3.8, 4) is 0 Å². The van der Waals surface area contributed by atoms with E-state index in [1.807, 2.05) is 18.2 Å². The molecular formula is C20H28FN3O. The Morgan fingerprint density at radius 1 is 1.24 bits per heavy atom. The number of aliphatic hydroxyl groups is 1. The summed E-state index contributed by atoms with van der Waals surface area (Å²) in [6, 6.07) is 9.37. The van der Waals surface area contributed by atoms with Gasteiger partial charge in [0.25, 0.3) is 0 Å². The minimum absolute atomic E-state index is 0.215. The molecule has 1 aliphatic rings. The molecule has 1 atom stereocenters. The van der Waals surface area contributed by atoms with Crippen molar-refractivity contribution in [1.29, 1.82) is 0 Å². The fraction of sp³-hybridized carbons (Fsp3) is 0.550. The predicted octanol–water partition coefficient (Wildman–Crippen LogP) is 2.90. The molecule has 0 bridgehead atoms. The van der Waals surface area contributed by atoms with E-state index in [1.165, 1.54) is 6.07 Å². The lowest BCUT2D eigenvalue weighted by Crippen LogP contribution is -2.53. The van der Waals surface area contributed by atoms with E-state index >= 15 is 0 Å². The molecule has 0 saturated carbocycles. The van der Waals surface area contributed by atoms with Gasteiger partial charge in [-0.1, -0.05) is 32.0 Å². The van der Waals surface area contributed by atoms with Gasteiger partial charge in [0.05, 0.1) is 5.69 Å². The molecule has 136 valence electrons. The average molecular weight is 345 g/mol. The quantitative estimate of drug-likeness (QED) is 0.874. The van der Waals surface area contributed by atoms with Crippen molar-refractivity contribution in [1.82, 2.24) is 14.8 Å². The number of benzene rings is 1. The van der Waals surface area contributed by atoms with E-state index in [-0.39, 0.29) is 12.4 Å². The highest BCUT2D eigenvalue weighted by Crippen LogP contribution is 2.19. The van der Waals surface area contributed by atoms with E-state index in [1.54, 1.807) is 6.07 Å². The lowest BCUT2D eigenvalue weighted by molar-refractivity contribution is 0.0472. The summed E-state index contributed by atoms with van der Waals surface area (Å²) in [5, 5.41) is 10.2. The Morgan fingerprint density at radius 2 is 2.08 bits per heavy atom. The fourth-order valence-electron chi connectivity index (χ4n) is 3.70. The summed E-state index contributed by atoms with van der Waals surface area (Å²) in [5.74, 6) is 0.358. The van der Waals surface area contributed by atoms with Crippen molar-refractivity contribution in [3.05, 3.63) is 41.8 Å². The van der Waals surface area contributed by atoms with Crippen LogP contribution >= 0.6 is 0 Å². The van der Waals surface area contributed by atoms with Crippen molar-refractivity contribution in [3.63, 3.8) is 0 Å². The Bertz CT molecular complexity index is 706. The third-order valence-electron chi connectivity index (χ3n) is 4.87. The first-order chi connectivity index (χ1) is 12.1. The molecule has 25 heavy (non-hydrogen) atoms. The number of pyridine rings is 1. The third kappa shape index (κ3) is 4.54. The van der Waals surface area contributed by atoms with Gasteiger partial charge >= 0.3 is 0 Å². The number of piperazine rings is 1. The summed E-state index contributed by atoms with van der Waals surface area (Å²) >= 11 is 0. The summed E-state index contributed by atoms with van der Waals surface area (Å²) in [6.45, 7) is 9.37. The highest BCUT2D eigenvalue weighted by molar-refractivity contribution is 5.79. The number of rotatable bonds is 6. The zero-order valence-corrected chi connectivity index (χ0v) is 15.2. The van der Waals surface area contributed by atoms with Gasteiger partial charge in [0.2, 0.25) is 0 Å². The molecule has 1 saturated heterocycles. The van der Waals surface area contributed by atoms with E-state index in [2.05, 4.69) is 28.6 Å². The van der Waals surface area contributed by atoms with E-state index < -0.39 is 0 Å². The standard InChI is InChI=1S/C20H28FN3O/c1-15(2)12-24-10-9-23(14-18(24)8-11-25)13-17-7-6-16-4-3-5-19(21)20(16)22-17/h3-7,15,18,25H,8-14H2,1-2H3/t18-/m0/s1. The van der Waals surface area contributed by atoms with Crippen LogP contribution in [0.5, 0.6) is 0 Å². The number of aliphatic hydroxyl groups excluding tert-OH is 1. The molecule has 4 nitrogen and oxygen atoms in total. The van der Waals surface area contributed by atoms with Gasteiger partial charge < -0.3 is 5.11 Å². The van der Waals surface area contributed by atoms with Crippen LogP contribution in [0.15, 0.2) is 30.3 Å². The van der Waals surface area contributed by atoms with Gasteiger partial charge in [-0.15, -0.1) is 0 Å².